The van der Waals surface area contributed by atoms with E-state index in [0.717, 1.165) is 12.1 Å². The molecule has 0 saturated heterocycles. The molecule has 1 aliphatic rings. The normalized spacial score (nSPS) is 13.6. The Labute approximate surface area is 169 Å². The highest BCUT2D eigenvalue weighted by Gasteiger charge is 2.17. The van der Waals surface area contributed by atoms with Gasteiger partial charge in [-0.05, 0) is 37.3 Å². The first kappa shape index (κ1) is 20.3. The molecule has 1 unspecified atom stereocenters. The number of ether oxygens (including phenoxy) is 3. The lowest BCUT2D eigenvalue weighted by Crippen LogP contribution is -2.32. The zero-order valence-electron chi connectivity index (χ0n) is 16.7. The van der Waals surface area contributed by atoms with Gasteiger partial charge in [-0.1, -0.05) is 0 Å². The molecule has 8 nitrogen and oxygen atoms in total. The second kappa shape index (κ2) is 9.18. The van der Waals surface area contributed by atoms with Crippen molar-refractivity contribution in [1.29, 1.82) is 0 Å². The highest BCUT2D eigenvalue weighted by molar-refractivity contribution is 5.98. The van der Waals surface area contributed by atoms with Crippen LogP contribution in [0.1, 0.15) is 20.3 Å². The van der Waals surface area contributed by atoms with Crippen molar-refractivity contribution in [1.82, 2.24) is 0 Å². The zero-order chi connectivity index (χ0) is 20.8. The lowest BCUT2D eigenvalue weighted by molar-refractivity contribution is -0.116. The van der Waals surface area contributed by atoms with Crippen LogP contribution in [0.4, 0.5) is 17.1 Å². The summed E-state index contributed by atoms with van der Waals surface area (Å²) in [4.78, 5) is 24.0. The molecule has 29 heavy (non-hydrogen) atoms. The van der Waals surface area contributed by atoms with E-state index in [1.165, 1.54) is 14.0 Å². The summed E-state index contributed by atoms with van der Waals surface area (Å²) in [6, 6.07) is 10.00. The van der Waals surface area contributed by atoms with Crippen LogP contribution in [0.15, 0.2) is 36.4 Å². The van der Waals surface area contributed by atoms with Gasteiger partial charge in [0.1, 0.15) is 11.8 Å². The van der Waals surface area contributed by atoms with Crippen LogP contribution >= 0.6 is 0 Å². The number of hydrogen-bond acceptors (Lipinski definition) is 6. The molecule has 0 saturated carbocycles. The minimum atomic E-state index is -0.533. The standard InChI is InChI=1S/C21H25N3O5/c1-13(22-16-6-8-19-20(12-16)29-10-4-9-28-19)21(26)24-17-11-15(23-14(2)25)5-7-18(17)27-3/h5-8,11-13,22H,4,9-10H2,1-3H3,(H,23,25)(H,24,26). The van der Waals surface area contributed by atoms with E-state index in [0.29, 0.717) is 41.8 Å². The van der Waals surface area contributed by atoms with Crippen molar-refractivity contribution in [2.45, 2.75) is 26.3 Å². The molecule has 2 aromatic rings. The van der Waals surface area contributed by atoms with E-state index in [2.05, 4.69) is 16.0 Å². The van der Waals surface area contributed by atoms with Crippen LogP contribution in [0.5, 0.6) is 17.2 Å². The van der Waals surface area contributed by atoms with Crippen molar-refractivity contribution >= 4 is 28.9 Å². The largest absolute Gasteiger partial charge is 0.495 e. The van der Waals surface area contributed by atoms with Gasteiger partial charge in [-0.3, -0.25) is 9.59 Å². The van der Waals surface area contributed by atoms with E-state index in [-0.39, 0.29) is 11.8 Å². The molecule has 2 aromatic carbocycles. The molecule has 0 aromatic heterocycles. The van der Waals surface area contributed by atoms with Gasteiger partial charge in [0.25, 0.3) is 0 Å². The molecule has 0 fully saturated rings. The molecule has 0 radical (unpaired) electrons. The molecule has 154 valence electrons. The van der Waals surface area contributed by atoms with Gasteiger partial charge in [0.15, 0.2) is 11.5 Å². The molecule has 3 N–H and O–H groups in total. The molecule has 8 heteroatoms. The summed E-state index contributed by atoms with van der Waals surface area (Å²) in [6.45, 7) is 4.39. The van der Waals surface area contributed by atoms with Crippen molar-refractivity contribution in [3.8, 4) is 17.2 Å². The molecule has 0 aliphatic carbocycles. The van der Waals surface area contributed by atoms with E-state index >= 15 is 0 Å². The fourth-order valence-corrected chi connectivity index (χ4v) is 2.90. The second-order valence-corrected chi connectivity index (χ2v) is 6.66. The van der Waals surface area contributed by atoms with Gasteiger partial charge >= 0.3 is 0 Å². The summed E-state index contributed by atoms with van der Waals surface area (Å²) in [7, 11) is 1.52. The topological polar surface area (TPSA) is 97.9 Å². The van der Waals surface area contributed by atoms with Gasteiger partial charge in [-0.2, -0.15) is 0 Å². The highest BCUT2D eigenvalue weighted by Crippen LogP contribution is 2.33. The summed E-state index contributed by atoms with van der Waals surface area (Å²) >= 11 is 0. The molecule has 1 heterocycles. The van der Waals surface area contributed by atoms with Gasteiger partial charge < -0.3 is 30.2 Å². The van der Waals surface area contributed by atoms with E-state index < -0.39 is 6.04 Å². The summed E-state index contributed by atoms with van der Waals surface area (Å²) < 4.78 is 16.6. The summed E-state index contributed by atoms with van der Waals surface area (Å²) in [5, 5.41) is 8.68. The quantitative estimate of drug-likeness (QED) is 0.690. The highest BCUT2D eigenvalue weighted by atomic mass is 16.5. The Morgan fingerprint density at radius 2 is 1.72 bits per heavy atom. The van der Waals surface area contributed by atoms with Crippen molar-refractivity contribution in [3.63, 3.8) is 0 Å². The predicted octanol–water partition coefficient (Wildman–Crippen LogP) is 3.25. The number of carbonyl (C=O) groups excluding carboxylic acids is 2. The average Bonchev–Trinajstić information content (AvgIpc) is 2.92. The number of carbonyl (C=O) groups is 2. The minimum absolute atomic E-state index is 0.197. The number of fused-ring (bicyclic) bond motifs is 1. The number of benzene rings is 2. The zero-order valence-corrected chi connectivity index (χ0v) is 16.7. The Morgan fingerprint density at radius 1 is 1.00 bits per heavy atom. The molecular formula is C21H25N3O5. The van der Waals surface area contributed by atoms with E-state index in [4.69, 9.17) is 14.2 Å². The maximum Gasteiger partial charge on any atom is 0.246 e. The fourth-order valence-electron chi connectivity index (χ4n) is 2.90. The number of hydrogen-bond donors (Lipinski definition) is 3. The SMILES string of the molecule is COc1ccc(NC(C)=O)cc1NC(=O)C(C)Nc1ccc2c(c1)OCCCO2. The summed E-state index contributed by atoms with van der Waals surface area (Å²) in [6.07, 6.45) is 0.829. The van der Waals surface area contributed by atoms with Gasteiger partial charge in [-0.15, -0.1) is 0 Å². The van der Waals surface area contributed by atoms with Crippen LogP contribution in [-0.2, 0) is 9.59 Å². The van der Waals surface area contributed by atoms with Crippen LogP contribution in [0, 0.1) is 0 Å². The fraction of sp³-hybridized carbons (Fsp3) is 0.333. The van der Waals surface area contributed by atoms with E-state index in [1.807, 2.05) is 18.2 Å². The Morgan fingerprint density at radius 3 is 2.45 bits per heavy atom. The molecule has 1 aliphatic heterocycles. The summed E-state index contributed by atoms with van der Waals surface area (Å²) in [5.74, 6) is 1.40. The van der Waals surface area contributed by atoms with Gasteiger partial charge in [-0.25, -0.2) is 0 Å². The maximum atomic E-state index is 12.7. The second-order valence-electron chi connectivity index (χ2n) is 6.66. The first-order chi connectivity index (χ1) is 14.0. The number of anilines is 3. The van der Waals surface area contributed by atoms with Crippen molar-refractivity contribution in [2.24, 2.45) is 0 Å². The van der Waals surface area contributed by atoms with Crippen molar-refractivity contribution in [2.75, 3.05) is 36.3 Å². The molecule has 0 bridgehead atoms. The smallest absolute Gasteiger partial charge is 0.246 e. The van der Waals surface area contributed by atoms with Crippen LogP contribution in [-0.4, -0.2) is 38.2 Å². The average molecular weight is 399 g/mol. The van der Waals surface area contributed by atoms with Crippen molar-refractivity contribution < 1.29 is 23.8 Å². The minimum Gasteiger partial charge on any atom is -0.495 e. The third-order valence-corrected chi connectivity index (χ3v) is 4.30. The Balaban J connectivity index is 1.69. The lowest BCUT2D eigenvalue weighted by atomic mass is 10.2. The Kier molecular flexibility index (Phi) is 6.43. The molecule has 3 rings (SSSR count). The first-order valence-corrected chi connectivity index (χ1v) is 9.39. The molecule has 1 atom stereocenters. The van der Waals surface area contributed by atoms with Gasteiger partial charge in [0, 0.05) is 30.8 Å². The third-order valence-electron chi connectivity index (χ3n) is 4.30. The maximum absolute atomic E-state index is 12.7. The predicted molar refractivity (Wildman–Crippen MR) is 111 cm³/mol. The van der Waals surface area contributed by atoms with Crippen molar-refractivity contribution in [3.05, 3.63) is 36.4 Å². The summed E-state index contributed by atoms with van der Waals surface area (Å²) in [5.41, 5.74) is 1.78. The number of nitrogens with one attached hydrogen (secondary N) is 3. The van der Waals surface area contributed by atoms with Crippen LogP contribution in [0.2, 0.25) is 0 Å². The van der Waals surface area contributed by atoms with Gasteiger partial charge in [0.05, 0.1) is 26.0 Å². The molecule has 0 spiro atoms. The monoisotopic (exact) mass is 399 g/mol. The Bertz CT molecular complexity index is 900. The third kappa shape index (κ3) is 5.31. The van der Waals surface area contributed by atoms with Crippen LogP contribution in [0.25, 0.3) is 0 Å². The van der Waals surface area contributed by atoms with Crippen LogP contribution in [0.3, 0.4) is 0 Å². The molecule has 2 amide bonds. The lowest BCUT2D eigenvalue weighted by Gasteiger charge is -2.18. The number of rotatable bonds is 6. The van der Waals surface area contributed by atoms with E-state index in [9.17, 15) is 9.59 Å². The number of amides is 2. The number of methoxy groups -OCH3 is 1. The van der Waals surface area contributed by atoms with E-state index in [1.54, 1.807) is 25.1 Å². The Hall–Kier alpha value is -3.42. The first-order valence-electron chi connectivity index (χ1n) is 9.39. The van der Waals surface area contributed by atoms with Crippen LogP contribution < -0.4 is 30.2 Å². The van der Waals surface area contributed by atoms with Gasteiger partial charge in [0.2, 0.25) is 11.8 Å². The molecular weight excluding hydrogens is 374 g/mol.